The molecule has 12 nitrogen and oxygen atoms in total. The van der Waals surface area contributed by atoms with Gasteiger partial charge in [-0.05, 0) is 48.5 Å². The number of hydrogen-bond acceptors (Lipinski definition) is 7. The van der Waals surface area contributed by atoms with E-state index in [1.54, 1.807) is 30.3 Å². The minimum atomic E-state index is -4.64. The van der Waals surface area contributed by atoms with Gasteiger partial charge in [0.05, 0.1) is 17.0 Å². The first-order valence-electron chi connectivity index (χ1n) is 11.2. The SMILES string of the molecule is CNC(=O)c1cc(Oc2ccc(NC(=O)Nc3ccc(Cl)c(C(F)(F)F)c3)cc2)ccn1.O=C(O)CC(O)C(=O)O. The molecule has 3 amide bonds. The number of amides is 3. The summed E-state index contributed by atoms with van der Waals surface area (Å²) in [6, 6.07) is 11.6. The summed E-state index contributed by atoms with van der Waals surface area (Å²) in [4.78, 5) is 47.1. The average molecular weight is 599 g/mol. The number of urea groups is 1. The molecule has 1 aromatic heterocycles. The van der Waals surface area contributed by atoms with Gasteiger partial charge in [0.1, 0.15) is 17.2 Å². The Morgan fingerprint density at radius 2 is 1.56 bits per heavy atom. The molecule has 0 saturated carbocycles. The number of benzene rings is 2. The van der Waals surface area contributed by atoms with Crippen molar-refractivity contribution in [2.24, 2.45) is 0 Å². The summed E-state index contributed by atoms with van der Waals surface area (Å²) in [7, 11) is 1.49. The number of carboxylic acids is 2. The predicted octanol–water partition coefficient (Wildman–Crippen LogP) is 4.46. The Labute approximate surface area is 234 Å². The lowest BCUT2D eigenvalue weighted by atomic mass is 10.2. The van der Waals surface area contributed by atoms with Gasteiger partial charge in [-0.3, -0.25) is 14.6 Å². The number of rotatable bonds is 8. The number of carbonyl (C=O) groups excluding carboxylic acids is 2. The molecular formula is C25H22ClF3N4O8. The van der Waals surface area contributed by atoms with Crippen LogP contribution in [-0.4, -0.2) is 57.3 Å². The molecule has 0 aliphatic rings. The number of carboxylic acid groups (broad SMARTS) is 2. The minimum absolute atomic E-state index is 0.0659. The lowest BCUT2D eigenvalue weighted by Crippen LogP contribution is -2.22. The number of aliphatic hydroxyl groups excluding tert-OH is 1. The third-order valence-electron chi connectivity index (χ3n) is 4.72. The van der Waals surface area contributed by atoms with Crippen LogP contribution in [0.15, 0.2) is 60.8 Å². The Bertz CT molecular complexity index is 1400. The third kappa shape index (κ3) is 10.7. The molecule has 2 aromatic carbocycles. The fourth-order valence-corrected chi connectivity index (χ4v) is 3.06. The molecule has 3 rings (SSSR count). The van der Waals surface area contributed by atoms with E-state index in [1.807, 2.05) is 0 Å². The zero-order chi connectivity index (χ0) is 30.7. The smallest absolute Gasteiger partial charge is 0.417 e. The van der Waals surface area contributed by atoms with Crippen molar-refractivity contribution in [3.63, 3.8) is 0 Å². The highest BCUT2D eigenvalue weighted by Crippen LogP contribution is 2.36. The topological polar surface area (TPSA) is 187 Å². The van der Waals surface area contributed by atoms with E-state index in [9.17, 15) is 32.3 Å². The Hall–Kier alpha value is -4.89. The Kier molecular flexibility index (Phi) is 11.4. The Morgan fingerprint density at radius 3 is 2.10 bits per heavy atom. The molecule has 0 saturated heterocycles. The van der Waals surface area contributed by atoms with Crippen LogP contribution in [0.5, 0.6) is 11.5 Å². The lowest BCUT2D eigenvalue weighted by Gasteiger charge is -2.12. The number of aromatic nitrogens is 1. The van der Waals surface area contributed by atoms with Crippen molar-refractivity contribution in [1.82, 2.24) is 10.3 Å². The number of pyridine rings is 1. The molecule has 0 spiro atoms. The van der Waals surface area contributed by atoms with Crippen LogP contribution < -0.4 is 20.7 Å². The zero-order valence-corrected chi connectivity index (χ0v) is 21.7. The van der Waals surface area contributed by atoms with Crippen LogP contribution in [-0.2, 0) is 15.8 Å². The first-order chi connectivity index (χ1) is 19.2. The molecule has 6 N–H and O–H groups in total. The number of aliphatic hydroxyl groups is 1. The highest BCUT2D eigenvalue weighted by molar-refractivity contribution is 6.31. The molecule has 1 atom stereocenters. The normalized spacial score (nSPS) is 11.3. The zero-order valence-electron chi connectivity index (χ0n) is 20.9. The van der Waals surface area contributed by atoms with Gasteiger partial charge in [0, 0.05) is 30.7 Å². The van der Waals surface area contributed by atoms with Crippen LogP contribution in [0.3, 0.4) is 0 Å². The van der Waals surface area contributed by atoms with E-state index in [-0.39, 0.29) is 17.3 Å². The van der Waals surface area contributed by atoms with Crippen LogP contribution >= 0.6 is 11.6 Å². The first kappa shape index (κ1) is 32.3. The molecule has 1 unspecified atom stereocenters. The van der Waals surface area contributed by atoms with Gasteiger partial charge in [-0.25, -0.2) is 9.59 Å². The van der Waals surface area contributed by atoms with Crippen molar-refractivity contribution in [3.8, 4) is 11.5 Å². The average Bonchev–Trinajstić information content (AvgIpc) is 2.90. The summed E-state index contributed by atoms with van der Waals surface area (Å²) in [5.74, 6) is -2.39. The molecule has 41 heavy (non-hydrogen) atoms. The molecule has 218 valence electrons. The number of hydrogen-bond donors (Lipinski definition) is 6. The number of halogens is 4. The van der Waals surface area contributed by atoms with Gasteiger partial charge in [-0.1, -0.05) is 11.6 Å². The van der Waals surface area contributed by atoms with Gasteiger partial charge in [0.15, 0.2) is 6.10 Å². The fraction of sp³-hybridized carbons (Fsp3) is 0.160. The molecule has 0 fully saturated rings. The van der Waals surface area contributed by atoms with Crippen molar-refractivity contribution in [3.05, 3.63) is 77.1 Å². The maximum Gasteiger partial charge on any atom is 0.417 e. The second-order valence-corrected chi connectivity index (χ2v) is 8.21. The number of anilines is 2. The molecule has 16 heteroatoms. The van der Waals surface area contributed by atoms with Crippen molar-refractivity contribution in [1.29, 1.82) is 0 Å². The van der Waals surface area contributed by atoms with E-state index in [1.165, 1.54) is 25.4 Å². The van der Waals surface area contributed by atoms with Crippen LogP contribution in [0, 0.1) is 0 Å². The van der Waals surface area contributed by atoms with Crippen molar-refractivity contribution >= 4 is 46.9 Å². The van der Waals surface area contributed by atoms with Crippen LogP contribution in [0.2, 0.25) is 5.02 Å². The molecule has 0 radical (unpaired) electrons. The first-order valence-corrected chi connectivity index (χ1v) is 11.6. The number of nitrogens with one attached hydrogen (secondary N) is 3. The van der Waals surface area contributed by atoms with E-state index in [0.717, 1.165) is 12.1 Å². The summed E-state index contributed by atoms with van der Waals surface area (Å²) in [6.45, 7) is 0. The number of ether oxygens (including phenoxy) is 1. The van der Waals surface area contributed by atoms with Crippen LogP contribution in [0.1, 0.15) is 22.5 Å². The summed E-state index contributed by atoms with van der Waals surface area (Å²) < 4.78 is 44.5. The summed E-state index contributed by atoms with van der Waals surface area (Å²) >= 11 is 5.57. The number of nitrogens with zero attached hydrogens (tertiary/aromatic N) is 1. The van der Waals surface area contributed by atoms with Crippen molar-refractivity contribution in [2.75, 3.05) is 17.7 Å². The number of carbonyl (C=O) groups is 4. The van der Waals surface area contributed by atoms with Gasteiger partial charge in [-0.15, -0.1) is 0 Å². The molecule has 3 aromatic rings. The van der Waals surface area contributed by atoms with Gasteiger partial charge in [0.2, 0.25) is 0 Å². The van der Waals surface area contributed by atoms with Crippen molar-refractivity contribution in [2.45, 2.75) is 18.7 Å². The van der Waals surface area contributed by atoms with Gasteiger partial charge in [0.25, 0.3) is 5.91 Å². The summed E-state index contributed by atoms with van der Waals surface area (Å²) in [5.41, 5.74) is -0.547. The maximum atomic E-state index is 12.9. The van der Waals surface area contributed by atoms with E-state index in [0.29, 0.717) is 17.2 Å². The van der Waals surface area contributed by atoms with Crippen molar-refractivity contribution < 1.29 is 52.4 Å². The lowest BCUT2D eigenvalue weighted by molar-refractivity contribution is -0.152. The minimum Gasteiger partial charge on any atom is -0.481 e. The van der Waals surface area contributed by atoms with E-state index < -0.39 is 47.3 Å². The molecule has 0 aliphatic carbocycles. The van der Waals surface area contributed by atoms with E-state index >= 15 is 0 Å². The molecule has 0 bridgehead atoms. The third-order valence-corrected chi connectivity index (χ3v) is 5.05. The second kappa shape index (κ2) is 14.5. The van der Waals surface area contributed by atoms with E-state index in [2.05, 4.69) is 20.9 Å². The molecule has 1 heterocycles. The monoisotopic (exact) mass is 598 g/mol. The summed E-state index contributed by atoms with van der Waals surface area (Å²) in [5, 5.41) is 31.0. The largest absolute Gasteiger partial charge is 0.481 e. The predicted molar refractivity (Wildman–Crippen MR) is 139 cm³/mol. The second-order valence-electron chi connectivity index (χ2n) is 7.81. The van der Waals surface area contributed by atoms with E-state index in [4.69, 9.17) is 31.7 Å². The quantitative estimate of drug-likeness (QED) is 0.218. The van der Waals surface area contributed by atoms with Gasteiger partial charge in [-0.2, -0.15) is 13.2 Å². The Morgan fingerprint density at radius 1 is 0.951 bits per heavy atom. The highest BCUT2D eigenvalue weighted by atomic mass is 35.5. The standard InChI is InChI=1S/C21H16ClF3N4O3.C4H6O5/c1-26-19(30)18-11-15(8-9-27-18)32-14-5-2-12(3-6-14)28-20(31)29-13-4-7-17(22)16(10-13)21(23,24)25;5-2(4(8)9)1-3(6)7/h2-11H,1H3,(H,26,30)(H2,28,29,31);2,5H,1H2,(H,6,7)(H,8,9). The number of alkyl halides is 3. The van der Waals surface area contributed by atoms with Gasteiger partial charge >= 0.3 is 24.1 Å². The molecule has 0 aliphatic heterocycles. The summed E-state index contributed by atoms with van der Waals surface area (Å²) in [6.07, 6.45) is -5.75. The van der Waals surface area contributed by atoms with Crippen LogP contribution in [0.4, 0.5) is 29.3 Å². The highest BCUT2D eigenvalue weighted by Gasteiger charge is 2.33. The van der Waals surface area contributed by atoms with Crippen LogP contribution in [0.25, 0.3) is 0 Å². The Balaban J connectivity index is 0.000000564. The molecular weight excluding hydrogens is 577 g/mol. The van der Waals surface area contributed by atoms with Gasteiger partial charge < -0.3 is 36.0 Å². The maximum absolute atomic E-state index is 12.9. The number of aliphatic carboxylic acids is 2. The fourth-order valence-electron chi connectivity index (χ4n) is 2.84.